The van der Waals surface area contributed by atoms with Gasteiger partial charge in [-0.2, -0.15) is 0 Å². The highest BCUT2D eigenvalue weighted by Gasteiger charge is 2.28. The number of benzene rings is 1. The zero-order valence-corrected chi connectivity index (χ0v) is 17.0. The van der Waals surface area contributed by atoms with Crippen LogP contribution in [0.1, 0.15) is 23.0 Å². The Labute approximate surface area is 177 Å². The van der Waals surface area contributed by atoms with E-state index in [2.05, 4.69) is 0 Å². The van der Waals surface area contributed by atoms with Crippen LogP contribution in [0.5, 0.6) is 0 Å². The van der Waals surface area contributed by atoms with E-state index >= 15 is 0 Å². The first kappa shape index (κ1) is 20.5. The van der Waals surface area contributed by atoms with Crippen molar-refractivity contribution in [1.82, 2.24) is 14.4 Å². The molecule has 0 spiro atoms. The fourth-order valence-electron chi connectivity index (χ4n) is 3.74. The molecule has 0 saturated carbocycles. The minimum absolute atomic E-state index is 0.00365. The number of hydrogen-bond acceptors (Lipinski definition) is 6. The molecule has 31 heavy (non-hydrogen) atoms. The predicted molar refractivity (Wildman–Crippen MR) is 111 cm³/mol. The largest absolute Gasteiger partial charge is 0.463 e. The molecule has 1 fully saturated rings. The molecule has 1 aromatic carbocycles. The maximum atomic E-state index is 13.3. The van der Waals surface area contributed by atoms with Gasteiger partial charge in [-0.1, -0.05) is 12.1 Å². The van der Waals surface area contributed by atoms with Crippen LogP contribution in [0.4, 0.5) is 10.5 Å². The molecule has 1 aliphatic heterocycles. The zero-order chi connectivity index (χ0) is 22.0. The predicted octanol–water partition coefficient (Wildman–Crippen LogP) is 3.11. The van der Waals surface area contributed by atoms with Crippen LogP contribution >= 0.6 is 0 Å². The summed E-state index contributed by atoms with van der Waals surface area (Å²) in [6.45, 7) is 3.92. The van der Waals surface area contributed by atoms with Gasteiger partial charge in [0.15, 0.2) is 5.58 Å². The third-order valence-corrected chi connectivity index (χ3v) is 5.30. The van der Waals surface area contributed by atoms with Gasteiger partial charge < -0.3 is 23.5 Å². The van der Waals surface area contributed by atoms with Gasteiger partial charge in [0.25, 0.3) is 11.6 Å². The van der Waals surface area contributed by atoms with E-state index in [1.165, 1.54) is 12.1 Å². The summed E-state index contributed by atoms with van der Waals surface area (Å²) in [6, 6.07) is 9.79. The summed E-state index contributed by atoms with van der Waals surface area (Å²) in [5.41, 5.74) is 2.44. The van der Waals surface area contributed by atoms with Gasteiger partial charge in [0.1, 0.15) is 5.69 Å². The number of nitrogens with zero attached hydrogens (tertiary/aromatic N) is 4. The van der Waals surface area contributed by atoms with Gasteiger partial charge in [-0.05, 0) is 12.5 Å². The van der Waals surface area contributed by atoms with Gasteiger partial charge in [-0.3, -0.25) is 14.9 Å². The van der Waals surface area contributed by atoms with Crippen LogP contribution in [0.15, 0.2) is 47.1 Å². The first-order valence-corrected chi connectivity index (χ1v) is 9.99. The number of furan rings is 1. The molecule has 0 radical (unpaired) electrons. The SMILES string of the molecule is CCOC(=O)N1CCN(C(=O)c2cc3occc3n2Cc2cccc([N+](=O)[O-])c2)CC1. The molecular formula is C21H22N4O6. The summed E-state index contributed by atoms with van der Waals surface area (Å²) in [5.74, 6) is -0.180. The molecule has 2 aromatic heterocycles. The second-order valence-corrected chi connectivity index (χ2v) is 7.19. The lowest BCUT2D eigenvalue weighted by molar-refractivity contribution is -0.384. The van der Waals surface area contributed by atoms with Crippen LogP contribution in [0.25, 0.3) is 11.1 Å². The molecule has 10 heteroatoms. The van der Waals surface area contributed by atoms with E-state index in [4.69, 9.17) is 9.15 Å². The van der Waals surface area contributed by atoms with Crippen LogP contribution in [-0.4, -0.2) is 64.1 Å². The minimum atomic E-state index is -0.443. The van der Waals surface area contributed by atoms with E-state index in [0.717, 1.165) is 5.52 Å². The Hall–Kier alpha value is -3.82. The molecule has 1 saturated heterocycles. The van der Waals surface area contributed by atoms with Crippen LogP contribution < -0.4 is 0 Å². The highest BCUT2D eigenvalue weighted by atomic mass is 16.6. The molecule has 4 rings (SSSR count). The number of piperazine rings is 1. The lowest BCUT2D eigenvalue weighted by Crippen LogP contribution is -2.51. The fraction of sp³-hybridized carbons (Fsp3) is 0.333. The van der Waals surface area contributed by atoms with Crippen molar-refractivity contribution < 1.29 is 23.7 Å². The second kappa shape index (κ2) is 8.50. The first-order valence-electron chi connectivity index (χ1n) is 9.99. The molecule has 162 valence electrons. The summed E-state index contributed by atoms with van der Waals surface area (Å²) < 4.78 is 12.3. The quantitative estimate of drug-likeness (QED) is 0.458. The van der Waals surface area contributed by atoms with Crippen molar-refractivity contribution in [2.75, 3.05) is 32.8 Å². The summed E-state index contributed by atoms with van der Waals surface area (Å²) >= 11 is 0. The number of nitro benzene ring substituents is 1. The second-order valence-electron chi connectivity index (χ2n) is 7.19. The molecular weight excluding hydrogens is 404 g/mol. The number of rotatable bonds is 5. The lowest BCUT2D eigenvalue weighted by Gasteiger charge is -2.34. The van der Waals surface area contributed by atoms with Crippen molar-refractivity contribution in [3.8, 4) is 0 Å². The van der Waals surface area contributed by atoms with E-state index < -0.39 is 4.92 Å². The number of fused-ring (bicyclic) bond motifs is 1. The van der Waals surface area contributed by atoms with Crippen LogP contribution in [0.3, 0.4) is 0 Å². The molecule has 0 N–H and O–H groups in total. The number of amides is 2. The van der Waals surface area contributed by atoms with E-state index in [-0.39, 0.29) is 24.2 Å². The number of carbonyl (C=O) groups excluding carboxylic acids is 2. The molecule has 2 amide bonds. The minimum Gasteiger partial charge on any atom is -0.463 e. The highest BCUT2D eigenvalue weighted by Crippen LogP contribution is 2.25. The van der Waals surface area contributed by atoms with Gasteiger partial charge >= 0.3 is 6.09 Å². The van der Waals surface area contributed by atoms with E-state index in [1.54, 1.807) is 51.8 Å². The molecule has 1 aliphatic rings. The van der Waals surface area contributed by atoms with Gasteiger partial charge in [-0.25, -0.2) is 4.79 Å². The number of nitro groups is 1. The van der Waals surface area contributed by atoms with Gasteiger partial charge in [0.2, 0.25) is 0 Å². The normalized spacial score (nSPS) is 14.1. The third kappa shape index (κ3) is 4.09. The first-order chi connectivity index (χ1) is 15.0. The highest BCUT2D eigenvalue weighted by molar-refractivity contribution is 5.97. The van der Waals surface area contributed by atoms with Crippen molar-refractivity contribution in [3.63, 3.8) is 0 Å². The lowest BCUT2D eigenvalue weighted by atomic mass is 10.2. The average Bonchev–Trinajstić information content (AvgIpc) is 3.36. The molecule has 0 unspecified atom stereocenters. The molecule has 0 aliphatic carbocycles. The number of ether oxygens (including phenoxy) is 1. The maximum Gasteiger partial charge on any atom is 0.409 e. The number of carbonyl (C=O) groups is 2. The molecule has 0 atom stereocenters. The van der Waals surface area contributed by atoms with Crippen LogP contribution in [0, 0.1) is 10.1 Å². The number of non-ortho nitro benzene ring substituents is 1. The Balaban J connectivity index is 1.57. The summed E-state index contributed by atoms with van der Waals surface area (Å²) in [6.07, 6.45) is 1.17. The third-order valence-electron chi connectivity index (χ3n) is 5.30. The van der Waals surface area contributed by atoms with Gasteiger partial charge in [0, 0.05) is 57.0 Å². The Morgan fingerprint density at radius 1 is 1.13 bits per heavy atom. The molecule has 3 heterocycles. The monoisotopic (exact) mass is 426 g/mol. The van der Waals surface area contributed by atoms with Crippen molar-refractivity contribution in [3.05, 3.63) is 64.0 Å². The smallest absolute Gasteiger partial charge is 0.409 e. The Morgan fingerprint density at radius 3 is 2.58 bits per heavy atom. The Kier molecular flexibility index (Phi) is 5.61. The van der Waals surface area contributed by atoms with Crippen LogP contribution in [0.2, 0.25) is 0 Å². The maximum absolute atomic E-state index is 13.3. The summed E-state index contributed by atoms with van der Waals surface area (Å²) in [7, 11) is 0. The van der Waals surface area contributed by atoms with E-state index in [9.17, 15) is 19.7 Å². The molecule has 10 nitrogen and oxygen atoms in total. The average molecular weight is 426 g/mol. The zero-order valence-electron chi connectivity index (χ0n) is 17.0. The van der Waals surface area contributed by atoms with Crippen LogP contribution in [-0.2, 0) is 11.3 Å². The Bertz CT molecular complexity index is 1130. The van der Waals surface area contributed by atoms with Gasteiger partial charge in [0.05, 0.1) is 23.3 Å². The number of hydrogen-bond donors (Lipinski definition) is 0. The molecule has 3 aromatic rings. The Morgan fingerprint density at radius 2 is 1.87 bits per heavy atom. The number of aromatic nitrogens is 1. The fourth-order valence-corrected chi connectivity index (χ4v) is 3.74. The van der Waals surface area contributed by atoms with Crippen molar-refractivity contribution in [2.45, 2.75) is 13.5 Å². The molecule has 0 bridgehead atoms. The topological polar surface area (TPSA) is 111 Å². The standard InChI is InChI=1S/C21H22N4O6/c1-2-30-21(27)23-9-7-22(8-10-23)20(26)18-13-19-17(6-11-31-19)24(18)14-15-4-3-5-16(12-15)25(28)29/h3-6,11-13H,2,7-10,14H2,1H3. The van der Waals surface area contributed by atoms with E-state index in [0.29, 0.717) is 49.6 Å². The van der Waals surface area contributed by atoms with Crippen molar-refractivity contribution in [2.24, 2.45) is 0 Å². The van der Waals surface area contributed by atoms with E-state index in [1.807, 2.05) is 0 Å². The van der Waals surface area contributed by atoms with Gasteiger partial charge in [-0.15, -0.1) is 0 Å². The summed E-state index contributed by atoms with van der Waals surface area (Å²) in [4.78, 5) is 39.1. The van der Waals surface area contributed by atoms with Crippen molar-refractivity contribution >= 4 is 28.8 Å². The van der Waals surface area contributed by atoms with Crippen molar-refractivity contribution in [1.29, 1.82) is 0 Å². The summed E-state index contributed by atoms with van der Waals surface area (Å²) in [5, 5.41) is 11.1.